The standard InChI is InChI=1S/C15H22ClN3O2/c1-19(2)13-6-5-11(16)9-12(13)18-14(20)17-10-15(21)7-3-4-8-15/h5-6,9,21H,3-4,7-8,10H2,1-2H3,(H2,17,18,20). The van der Waals surface area contributed by atoms with Crippen LogP contribution in [0.15, 0.2) is 18.2 Å². The zero-order valence-corrected chi connectivity index (χ0v) is 13.2. The van der Waals surface area contributed by atoms with E-state index in [1.54, 1.807) is 12.1 Å². The molecule has 0 aliphatic heterocycles. The molecule has 1 saturated carbocycles. The van der Waals surface area contributed by atoms with Crippen molar-refractivity contribution in [3.05, 3.63) is 23.2 Å². The van der Waals surface area contributed by atoms with E-state index in [0.717, 1.165) is 31.4 Å². The number of halogens is 1. The SMILES string of the molecule is CN(C)c1ccc(Cl)cc1NC(=O)NCC1(O)CCCC1. The summed E-state index contributed by atoms with van der Waals surface area (Å²) in [5, 5.41) is 16.3. The zero-order chi connectivity index (χ0) is 15.5. The van der Waals surface area contributed by atoms with E-state index in [1.165, 1.54) is 0 Å². The largest absolute Gasteiger partial charge is 0.388 e. The molecule has 2 amide bonds. The van der Waals surface area contributed by atoms with E-state index in [2.05, 4.69) is 10.6 Å². The molecular formula is C15H22ClN3O2. The number of benzene rings is 1. The van der Waals surface area contributed by atoms with E-state index in [9.17, 15) is 9.90 Å². The Morgan fingerprint density at radius 1 is 1.38 bits per heavy atom. The molecule has 0 spiro atoms. The molecule has 0 radical (unpaired) electrons. The minimum atomic E-state index is -0.754. The Kier molecular flexibility index (Phi) is 4.96. The minimum Gasteiger partial charge on any atom is -0.388 e. The number of carbonyl (C=O) groups excluding carboxylic acids is 1. The number of hydrogen-bond acceptors (Lipinski definition) is 3. The molecule has 1 aliphatic rings. The number of hydrogen-bond donors (Lipinski definition) is 3. The predicted octanol–water partition coefficient (Wildman–Crippen LogP) is 2.83. The monoisotopic (exact) mass is 311 g/mol. The summed E-state index contributed by atoms with van der Waals surface area (Å²) in [5.74, 6) is 0. The predicted molar refractivity (Wildman–Crippen MR) is 86.2 cm³/mol. The average Bonchev–Trinajstić information content (AvgIpc) is 2.84. The molecule has 0 bridgehead atoms. The molecule has 0 heterocycles. The molecule has 1 aromatic rings. The lowest BCUT2D eigenvalue weighted by molar-refractivity contribution is 0.0506. The minimum absolute atomic E-state index is 0.275. The Bertz CT molecular complexity index is 514. The number of rotatable bonds is 4. The van der Waals surface area contributed by atoms with Gasteiger partial charge in [-0.3, -0.25) is 0 Å². The van der Waals surface area contributed by atoms with Gasteiger partial charge in [0.15, 0.2) is 0 Å². The molecular weight excluding hydrogens is 290 g/mol. The summed E-state index contributed by atoms with van der Waals surface area (Å²) in [6.45, 7) is 0.275. The van der Waals surface area contributed by atoms with Crippen LogP contribution in [0.1, 0.15) is 25.7 Å². The molecule has 1 aliphatic carbocycles. The van der Waals surface area contributed by atoms with E-state index < -0.39 is 5.60 Å². The van der Waals surface area contributed by atoms with E-state index in [4.69, 9.17) is 11.6 Å². The van der Waals surface area contributed by atoms with Crippen LogP contribution in [0.2, 0.25) is 5.02 Å². The number of amides is 2. The lowest BCUT2D eigenvalue weighted by Crippen LogP contribution is -2.42. The molecule has 21 heavy (non-hydrogen) atoms. The number of nitrogens with zero attached hydrogens (tertiary/aromatic N) is 1. The zero-order valence-electron chi connectivity index (χ0n) is 12.4. The maximum Gasteiger partial charge on any atom is 0.319 e. The van der Waals surface area contributed by atoms with Crippen LogP contribution in [0.25, 0.3) is 0 Å². The molecule has 0 unspecified atom stereocenters. The van der Waals surface area contributed by atoms with Gasteiger partial charge in [-0.2, -0.15) is 0 Å². The molecule has 0 saturated heterocycles. The van der Waals surface area contributed by atoms with Gasteiger partial charge in [-0.1, -0.05) is 24.4 Å². The van der Waals surface area contributed by atoms with Crippen molar-refractivity contribution in [2.24, 2.45) is 0 Å². The van der Waals surface area contributed by atoms with E-state index >= 15 is 0 Å². The summed E-state index contributed by atoms with van der Waals surface area (Å²) in [6.07, 6.45) is 3.51. The second kappa shape index (κ2) is 6.54. The molecule has 5 nitrogen and oxygen atoms in total. The summed E-state index contributed by atoms with van der Waals surface area (Å²) in [6, 6.07) is 5.01. The number of carbonyl (C=O) groups is 1. The van der Waals surface area contributed by atoms with Crippen molar-refractivity contribution in [3.63, 3.8) is 0 Å². The first-order valence-corrected chi connectivity index (χ1v) is 7.51. The molecule has 116 valence electrons. The van der Waals surface area contributed by atoms with Crippen molar-refractivity contribution < 1.29 is 9.90 Å². The van der Waals surface area contributed by atoms with Crippen LogP contribution in [0.4, 0.5) is 16.2 Å². The van der Waals surface area contributed by atoms with Gasteiger partial charge in [0.25, 0.3) is 0 Å². The molecule has 2 rings (SSSR count). The fourth-order valence-corrected chi connectivity index (χ4v) is 2.79. The molecule has 0 aromatic heterocycles. The van der Waals surface area contributed by atoms with Crippen LogP contribution in [-0.2, 0) is 0 Å². The van der Waals surface area contributed by atoms with Gasteiger partial charge in [-0.05, 0) is 31.0 Å². The summed E-state index contributed by atoms with van der Waals surface area (Å²) in [5.41, 5.74) is 0.758. The fourth-order valence-electron chi connectivity index (χ4n) is 2.62. The van der Waals surface area contributed by atoms with Gasteiger partial charge in [-0.25, -0.2) is 4.79 Å². The van der Waals surface area contributed by atoms with Crippen molar-refractivity contribution in [3.8, 4) is 0 Å². The summed E-state index contributed by atoms with van der Waals surface area (Å²) in [7, 11) is 3.79. The van der Waals surface area contributed by atoms with Gasteiger partial charge in [-0.15, -0.1) is 0 Å². The highest BCUT2D eigenvalue weighted by Gasteiger charge is 2.31. The average molecular weight is 312 g/mol. The Morgan fingerprint density at radius 2 is 2.05 bits per heavy atom. The summed E-state index contributed by atoms with van der Waals surface area (Å²) < 4.78 is 0. The van der Waals surface area contributed by atoms with Gasteiger partial charge in [0.2, 0.25) is 0 Å². The topological polar surface area (TPSA) is 64.6 Å². The van der Waals surface area contributed by atoms with Gasteiger partial charge < -0.3 is 20.6 Å². The third-order valence-electron chi connectivity index (χ3n) is 3.80. The molecule has 3 N–H and O–H groups in total. The van der Waals surface area contributed by atoms with Crippen molar-refractivity contribution in [2.45, 2.75) is 31.3 Å². The van der Waals surface area contributed by atoms with Crippen LogP contribution in [0.5, 0.6) is 0 Å². The number of urea groups is 1. The number of aliphatic hydroxyl groups is 1. The lowest BCUT2D eigenvalue weighted by atomic mass is 10.0. The molecule has 0 atom stereocenters. The second-order valence-electron chi connectivity index (χ2n) is 5.80. The van der Waals surface area contributed by atoms with Gasteiger partial charge in [0, 0.05) is 25.7 Å². The van der Waals surface area contributed by atoms with Crippen LogP contribution < -0.4 is 15.5 Å². The van der Waals surface area contributed by atoms with Crippen molar-refractivity contribution >= 4 is 29.0 Å². The lowest BCUT2D eigenvalue weighted by Gasteiger charge is -2.23. The van der Waals surface area contributed by atoms with Crippen molar-refractivity contribution in [1.29, 1.82) is 0 Å². The Hall–Kier alpha value is -1.46. The molecule has 6 heteroatoms. The fraction of sp³-hybridized carbons (Fsp3) is 0.533. The van der Waals surface area contributed by atoms with E-state index in [-0.39, 0.29) is 12.6 Å². The van der Waals surface area contributed by atoms with Crippen LogP contribution in [0, 0.1) is 0 Å². The molecule has 1 aromatic carbocycles. The Morgan fingerprint density at radius 3 is 2.67 bits per heavy atom. The van der Waals surface area contributed by atoms with Crippen molar-refractivity contribution in [2.75, 3.05) is 30.9 Å². The highest BCUT2D eigenvalue weighted by Crippen LogP contribution is 2.29. The normalized spacial score (nSPS) is 16.6. The highest BCUT2D eigenvalue weighted by molar-refractivity contribution is 6.31. The van der Waals surface area contributed by atoms with E-state index in [1.807, 2.05) is 25.1 Å². The van der Waals surface area contributed by atoms with E-state index in [0.29, 0.717) is 10.7 Å². The first kappa shape index (κ1) is 15.9. The third kappa shape index (κ3) is 4.25. The number of anilines is 2. The van der Waals surface area contributed by atoms with Gasteiger partial charge in [0.05, 0.1) is 17.0 Å². The van der Waals surface area contributed by atoms with Crippen LogP contribution in [0.3, 0.4) is 0 Å². The maximum atomic E-state index is 12.0. The van der Waals surface area contributed by atoms with Gasteiger partial charge >= 0.3 is 6.03 Å². The number of nitrogens with one attached hydrogen (secondary N) is 2. The van der Waals surface area contributed by atoms with Crippen LogP contribution in [-0.4, -0.2) is 37.4 Å². The second-order valence-corrected chi connectivity index (χ2v) is 6.23. The first-order chi connectivity index (χ1) is 9.89. The summed E-state index contributed by atoms with van der Waals surface area (Å²) in [4.78, 5) is 13.9. The van der Waals surface area contributed by atoms with Crippen LogP contribution >= 0.6 is 11.6 Å². The third-order valence-corrected chi connectivity index (χ3v) is 4.04. The molecule has 1 fully saturated rings. The smallest absolute Gasteiger partial charge is 0.319 e. The van der Waals surface area contributed by atoms with Crippen molar-refractivity contribution in [1.82, 2.24) is 5.32 Å². The van der Waals surface area contributed by atoms with Gasteiger partial charge in [0.1, 0.15) is 0 Å². The Labute approximate surface area is 130 Å². The highest BCUT2D eigenvalue weighted by atomic mass is 35.5. The Balaban J connectivity index is 1.97. The maximum absolute atomic E-state index is 12.0. The quantitative estimate of drug-likeness (QED) is 0.801. The first-order valence-electron chi connectivity index (χ1n) is 7.14. The summed E-state index contributed by atoms with van der Waals surface area (Å²) >= 11 is 5.98.